The van der Waals surface area contributed by atoms with Gasteiger partial charge >= 0.3 is 29.1 Å². The zero-order valence-electron chi connectivity index (χ0n) is 45.4. The summed E-state index contributed by atoms with van der Waals surface area (Å²) in [5.41, 5.74) is 9.84. The monoisotopic (exact) mass is 1160 g/mol. The molecule has 17 nitrogen and oxygen atoms in total. The summed E-state index contributed by atoms with van der Waals surface area (Å²) in [7, 11) is -4.02. The maximum atomic E-state index is 12.4. The van der Waals surface area contributed by atoms with Crippen LogP contribution in [0.15, 0.2) is 133 Å². The number of isothiocyanates is 1. The largest absolute Gasteiger partial charge is 0.508 e. The fourth-order valence-electron chi connectivity index (χ4n) is 9.34. The summed E-state index contributed by atoms with van der Waals surface area (Å²) in [5.74, 6) is -1.68. The van der Waals surface area contributed by atoms with Gasteiger partial charge in [-0.25, -0.2) is 9.59 Å². The summed E-state index contributed by atoms with van der Waals surface area (Å²) in [6.45, 7) is 15.6. The highest BCUT2D eigenvalue weighted by Gasteiger charge is 2.31. The first-order valence-electron chi connectivity index (χ1n) is 26.1. The topological polar surface area (TPSA) is 263 Å². The molecule has 0 saturated carbocycles. The SMILES string of the molecule is CCO[Si](C)(CCCCC(=S)Nc1ccc(-c2c3ccc(=O)cc-3oc3cc(O)ccc23)c(C(=O)O)c1)OCC.CCO[Si](C)(CCCN)OCC.O=C(O)c1cc(N=C=S)ccc1-c1c2ccc(=O)cc-2oc2cc(O)ccc12. The molecule has 0 spiro atoms. The number of phenolic OH excluding ortho intramolecular Hbond substituents is 2. The molecule has 420 valence electrons. The lowest BCUT2D eigenvalue weighted by atomic mass is 9.90. The number of hydrogen-bond donors (Lipinski definition) is 6. The molecule has 0 amide bonds. The van der Waals surface area contributed by atoms with Crippen LogP contribution >= 0.6 is 24.4 Å². The number of aromatic hydroxyl groups is 2. The summed E-state index contributed by atoms with van der Waals surface area (Å²) in [6.07, 6.45) is 3.43. The van der Waals surface area contributed by atoms with Crippen LogP contribution in [0.2, 0.25) is 25.2 Å². The molecule has 2 aliphatic heterocycles. The Balaban J connectivity index is 0.000000223. The molecule has 21 heteroatoms. The second kappa shape index (κ2) is 28.7. The van der Waals surface area contributed by atoms with Gasteiger partial charge in [0.15, 0.2) is 10.9 Å². The zero-order valence-corrected chi connectivity index (χ0v) is 49.0. The predicted molar refractivity (Wildman–Crippen MR) is 324 cm³/mol. The van der Waals surface area contributed by atoms with Crippen molar-refractivity contribution in [3.63, 3.8) is 0 Å². The van der Waals surface area contributed by atoms with Crippen molar-refractivity contribution >= 4 is 97.0 Å². The van der Waals surface area contributed by atoms with Crippen LogP contribution in [0.25, 0.3) is 66.8 Å². The highest BCUT2D eigenvalue weighted by atomic mass is 32.1. The summed E-state index contributed by atoms with van der Waals surface area (Å²) in [5, 5.41) is 46.3. The number of phenols is 2. The Morgan fingerprint density at radius 3 is 1.51 bits per heavy atom. The third-order valence-corrected chi connectivity index (χ3v) is 19.3. The average molecular weight is 1160 g/mol. The van der Waals surface area contributed by atoms with Gasteiger partial charge in [0.2, 0.25) is 0 Å². The third kappa shape index (κ3) is 16.0. The quantitative estimate of drug-likeness (QED) is 0.0121. The average Bonchev–Trinajstić information content (AvgIpc) is 3.62. The number of anilines is 1. The number of carbonyl (C=O) groups is 2. The first kappa shape index (κ1) is 61.9. The molecule has 2 heterocycles. The van der Waals surface area contributed by atoms with E-state index in [-0.39, 0.29) is 39.2 Å². The minimum absolute atomic E-state index is 0.00547. The summed E-state index contributed by atoms with van der Waals surface area (Å²) < 4.78 is 34.7. The third-order valence-electron chi connectivity index (χ3n) is 12.8. The van der Waals surface area contributed by atoms with Crippen molar-refractivity contribution in [2.45, 2.75) is 78.6 Å². The van der Waals surface area contributed by atoms with E-state index in [0.29, 0.717) is 97.1 Å². The summed E-state index contributed by atoms with van der Waals surface area (Å²) >= 11 is 10.1. The van der Waals surface area contributed by atoms with Crippen molar-refractivity contribution in [3.05, 3.63) is 141 Å². The zero-order chi connectivity index (χ0) is 58.1. The van der Waals surface area contributed by atoms with E-state index in [1.54, 1.807) is 54.6 Å². The van der Waals surface area contributed by atoms with Crippen molar-refractivity contribution in [1.29, 1.82) is 0 Å². The van der Waals surface area contributed by atoms with Gasteiger partial charge in [0, 0.05) is 89.4 Å². The Morgan fingerprint density at radius 1 is 0.613 bits per heavy atom. The number of aromatic carboxylic acids is 2. The number of nitrogens with zero attached hydrogens (tertiary/aromatic N) is 1. The van der Waals surface area contributed by atoms with Gasteiger partial charge < -0.3 is 58.0 Å². The maximum absolute atomic E-state index is 12.4. The number of thiocarbonyl (C=S) groups is 2. The second-order valence-electron chi connectivity index (χ2n) is 18.6. The van der Waals surface area contributed by atoms with E-state index in [4.69, 9.17) is 44.5 Å². The van der Waals surface area contributed by atoms with Crippen molar-refractivity contribution in [1.82, 2.24) is 0 Å². The Labute approximate surface area is 475 Å². The minimum atomic E-state index is -2.17. The van der Waals surface area contributed by atoms with Gasteiger partial charge in [0.1, 0.15) is 34.2 Å². The van der Waals surface area contributed by atoms with Crippen molar-refractivity contribution in [2.75, 3.05) is 38.3 Å². The number of unbranched alkanes of at least 4 members (excludes halogenated alkanes) is 1. The van der Waals surface area contributed by atoms with Crippen LogP contribution in [0, 0.1) is 0 Å². The number of hydrogen-bond acceptors (Lipinski definition) is 16. The molecule has 4 aromatic carbocycles. The van der Waals surface area contributed by atoms with E-state index < -0.39 is 29.1 Å². The normalized spacial score (nSPS) is 11.4. The molecule has 4 aliphatic rings. The van der Waals surface area contributed by atoms with Gasteiger partial charge in [0.25, 0.3) is 0 Å². The molecular weight excluding hydrogens is 1090 g/mol. The molecule has 0 radical (unpaired) electrons. The van der Waals surface area contributed by atoms with Gasteiger partial charge in [-0.15, -0.1) is 0 Å². The Kier molecular flexibility index (Phi) is 22.2. The van der Waals surface area contributed by atoms with Crippen LogP contribution in [0.5, 0.6) is 11.5 Å². The summed E-state index contributed by atoms with van der Waals surface area (Å²) in [6, 6.07) is 29.5. The molecule has 0 atom stereocenters. The Bertz CT molecular complexity index is 3590. The van der Waals surface area contributed by atoms with Gasteiger partial charge in [-0.05, 0) is 175 Å². The van der Waals surface area contributed by atoms with Gasteiger partial charge in [0.05, 0.1) is 27.0 Å². The standard InChI is InChI=1S/C30H33NO7SSi.C21H11NO5S.C8H21NO2Si/c1-4-36-40(3,37-5-2)15-7-6-8-28(39)31-19-9-12-22(25(16-19)30(34)35)29-23-13-10-20(32)17-26(23)38-27-18-21(33)11-14-24(27)29;23-12-2-5-15-18(8-12)27-19-9-13(24)3-6-16(19)20(15)14-4-1-11(22-10-28)7-17(14)21(25)26;1-4-10-12(3,11-5-2)8-6-7-9/h9-14,16-18,32H,4-8,15H2,1-3H3,(H,31,39)(H,34,35);1-9,23H,(H,25,26);4-9H2,1-3H3. The number of benzene rings is 6. The molecule has 2 aliphatic carbocycles. The van der Waals surface area contributed by atoms with E-state index in [1.165, 1.54) is 54.6 Å². The van der Waals surface area contributed by atoms with Crippen LogP contribution in [0.1, 0.15) is 74.1 Å². The molecule has 7 N–H and O–H groups in total. The molecule has 0 unspecified atom stereocenters. The summed E-state index contributed by atoms with van der Waals surface area (Å²) in [4.78, 5) is 52.6. The molecule has 80 heavy (non-hydrogen) atoms. The Morgan fingerprint density at radius 2 is 1.06 bits per heavy atom. The lowest BCUT2D eigenvalue weighted by Crippen LogP contribution is -2.39. The first-order chi connectivity index (χ1) is 38.3. The number of rotatable bonds is 22. The highest BCUT2D eigenvalue weighted by molar-refractivity contribution is 7.80. The van der Waals surface area contributed by atoms with Crippen LogP contribution in [-0.2, 0) is 17.7 Å². The van der Waals surface area contributed by atoms with Crippen LogP contribution in [0.3, 0.4) is 0 Å². The molecule has 0 aromatic heterocycles. The lowest BCUT2D eigenvalue weighted by molar-refractivity contribution is 0.0687. The number of aliphatic imine (C=N–C) groups is 1. The molecule has 8 rings (SSSR count). The Hall–Kier alpha value is -7.28. The smallest absolute Gasteiger partial charge is 0.336 e. The number of nitrogens with one attached hydrogen (secondary N) is 1. The predicted octanol–water partition coefficient (Wildman–Crippen LogP) is 13.2. The number of fused-ring (bicyclic) bond motifs is 4. The van der Waals surface area contributed by atoms with E-state index in [1.807, 2.05) is 27.7 Å². The van der Waals surface area contributed by atoms with Crippen LogP contribution < -0.4 is 21.9 Å². The number of nitrogens with two attached hydrogens (primary N) is 1. The maximum Gasteiger partial charge on any atom is 0.336 e. The molecule has 0 saturated heterocycles. The van der Waals surface area contributed by atoms with Crippen molar-refractivity contribution in [3.8, 4) is 56.4 Å². The van der Waals surface area contributed by atoms with Crippen LogP contribution in [-0.4, -0.2) is 92.6 Å². The molecule has 0 fully saturated rings. The molecule has 0 bridgehead atoms. The van der Waals surface area contributed by atoms with E-state index in [9.17, 15) is 39.6 Å². The van der Waals surface area contributed by atoms with Gasteiger partial charge in [-0.2, -0.15) is 4.99 Å². The second-order valence-corrected chi connectivity index (χ2v) is 25.9. The highest BCUT2D eigenvalue weighted by Crippen LogP contribution is 2.44. The number of carboxylic acid groups (broad SMARTS) is 2. The van der Waals surface area contributed by atoms with Crippen LogP contribution in [0.4, 0.5) is 11.4 Å². The van der Waals surface area contributed by atoms with Crippen molar-refractivity contribution in [2.24, 2.45) is 10.7 Å². The van der Waals surface area contributed by atoms with Gasteiger partial charge in [-0.3, -0.25) is 9.59 Å². The van der Waals surface area contributed by atoms with E-state index in [0.717, 1.165) is 51.1 Å². The molecular formula is C59H65N3O14S2Si2. The fourth-order valence-corrected chi connectivity index (χ4v) is 14.6. The number of carboxylic acids is 2. The first-order valence-corrected chi connectivity index (χ1v) is 31.9. The van der Waals surface area contributed by atoms with E-state index in [2.05, 4.69) is 40.8 Å². The van der Waals surface area contributed by atoms with Gasteiger partial charge in [-0.1, -0.05) is 30.8 Å². The fraction of sp³-hybridized carbons (Fsp3) is 0.288. The van der Waals surface area contributed by atoms with Crippen molar-refractivity contribution < 1.29 is 56.6 Å². The lowest BCUT2D eigenvalue weighted by Gasteiger charge is -2.25. The van der Waals surface area contributed by atoms with E-state index >= 15 is 0 Å². The minimum Gasteiger partial charge on any atom is -0.508 e. The molecule has 4 aromatic rings.